The van der Waals surface area contributed by atoms with Crippen molar-refractivity contribution < 1.29 is 4.42 Å². The molecule has 1 rings (SSSR count). The topological polar surface area (TPSA) is 29.3 Å². The second kappa shape index (κ2) is 3.25. The highest BCUT2D eigenvalue weighted by Gasteiger charge is 2.01. The van der Waals surface area contributed by atoms with E-state index in [2.05, 4.69) is 23.7 Å². The van der Waals surface area contributed by atoms with Crippen molar-refractivity contribution in [3.05, 3.63) is 12.7 Å². The second-order valence-corrected chi connectivity index (χ2v) is 2.02. The van der Waals surface area contributed by atoms with E-state index in [1.165, 1.54) is 6.39 Å². The highest BCUT2D eigenvalue weighted by Crippen LogP contribution is 2.07. The first-order valence-electron chi connectivity index (χ1n) is 3.51. The lowest BCUT2D eigenvalue weighted by Crippen LogP contribution is -2.21. The fraction of sp³-hybridized carbons (Fsp3) is 0.571. The summed E-state index contributed by atoms with van der Waals surface area (Å²) in [7, 11) is 0. The summed E-state index contributed by atoms with van der Waals surface area (Å²) in [5.41, 5.74) is 0. The van der Waals surface area contributed by atoms with E-state index in [0.717, 1.165) is 18.9 Å². The van der Waals surface area contributed by atoms with Crippen molar-refractivity contribution in [3.8, 4) is 0 Å². The van der Waals surface area contributed by atoms with Crippen LogP contribution in [0.3, 0.4) is 0 Å². The molecule has 0 atom stereocenters. The van der Waals surface area contributed by atoms with Crippen LogP contribution in [0.2, 0.25) is 0 Å². The van der Waals surface area contributed by atoms with Crippen LogP contribution in [0.15, 0.2) is 17.1 Å². The quantitative estimate of drug-likeness (QED) is 0.637. The molecule has 0 unspecified atom stereocenters. The molecule has 0 saturated carbocycles. The fourth-order valence-electron chi connectivity index (χ4n) is 0.910. The smallest absolute Gasteiger partial charge is 0.182 e. The molecule has 10 heavy (non-hydrogen) atoms. The first kappa shape index (κ1) is 7.12. The van der Waals surface area contributed by atoms with Crippen LogP contribution in [-0.4, -0.2) is 18.1 Å². The largest absolute Gasteiger partial charge is 0.449 e. The molecule has 0 aliphatic carbocycles. The molecule has 1 heterocycles. The number of rotatable bonds is 3. The van der Waals surface area contributed by atoms with Crippen LogP contribution in [0.5, 0.6) is 0 Å². The van der Waals surface area contributed by atoms with E-state index in [4.69, 9.17) is 4.42 Å². The maximum atomic E-state index is 4.85. The van der Waals surface area contributed by atoms with Gasteiger partial charge in [0.05, 0.1) is 0 Å². The first-order valence-corrected chi connectivity index (χ1v) is 3.51. The Kier molecular flexibility index (Phi) is 2.31. The van der Waals surface area contributed by atoms with Crippen molar-refractivity contribution in [1.29, 1.82) is 0 Å². The van der Waals surface area contributed by atoms with E-state index in [-0.39, 0.29) is 0 Å². The third kappa shape index (κ3) is 1.29. The number of aromatic nitrogens is 1. The normalized spacial score (nSPS) is 9.80. The van der Waals surface area contributed by atoms with Gasteiger partial charge in [0.25, 0.3) is 0 Å². The molecule has 0 aliphatic rings. The Hall–Kier alpha value is -0.990. The Labute approximate surface area is 60.7 Å². The van der Waals surface area contributed by atoms with Crippen LogP contribution in [0.1, 0.15) is 13.8 Å². The molecule has 0 fully saturated rings. The van der Waals surface area contributed by atoms with Crippen LogP contribution in [-0.2, 0) is 0 Å². The zero-order valence-corrected chi connectivity index (χ0v) is 6.37. The van der Waals surface area contributed by atoms with Crippen molar-refractivity contribution in [2.24, 2.45) is 0 Å². The van der Waals surface area contributed by atoms with Gasteiger partial charge in [-0.25, -0.2) is 0 Å². The summed E-state index contributed by atoms with van der Waals surface area (Å²) >= 11 is 0. The Bertz CT molecular complexity index is 168. The summed E-state index contributed by atoms with van der Waals surface area (Å²) in [4.78, 5) is 6.15. The molecule has 3 nitrogen and oxygen atoms in total. The minimum absolute atomic E-state index is 0.921. The molecule has 56 valence electrons. The lowest BCUT2D eigenvalue weighted by Gasteiger charge is -2.15. The number of nitrogens with zero attached hydrogens (tertiary/aromatic N) is 2. The molecular formula is C7H12N2O. The van der Waals surface area contributed by atoms with Gasteiger partial charge < -0.3 is 9.32 Å². The lowest BCUT2D eigenvalue weighted by molar-refractivity contribution is 0.557. The van der Waals surface area contributed by atoms with E-state index < -0.39 is 0 Å². The minimum atomic E-state index is 0.921. The van der Waals surface area contributed by atoms with Gasteiger partial charge >= 0.3 is 0 Å². The summed E-state index contributed by atoms with van der Waals surface area (Å²) in [6, 6.07) is 0. The van der Waals surface area contributed by atoms with E-state index in [1.54, 1.807) is 6.26 Å². The second-order valence-electron chi connectivity index (χ2n) is 2.02. The van der Waals surface area contributed by atoms with Crippen molar-refractivity contribution in [3.63, 3.8) is 0 Å². The first-order chi connectivity index (χ1) is 4.88. The SMILES string of the molecule is CCN(CC)c1cocn1. The minimum Gasteiger partial charge on any atom is -0.449 e. The molecular weight excluding hydrogens is 128 g/mol. The number of anilines is 1. The average Bonchev–Trinajstić information content (AvgIpc) is 2.43. The van der Waals surface area contributed by atoms with Gasteiger partial charge in [0, 0.05) is 13.1 Å². The third-order valence-electron chi connectivity index (χ3n) is 1.51. The Morgan fingerprint density at radius 3 is 2.60 bits per heavy atom. The standard InChI is InChI=1S/C7H12N2O/c1-3-9(4-2)7-5-10-6-8-7/h5-6H,3-4H2,1-2H3. The summed E-state index contributed by atoms with van der Waals surface area (Å²) in [5, 5.41) is 0. The molecule has 3 heteroatoms. The molecule has 1 aromatic rings. The van der Waals surface area contributed by atoms with Crippen LogP contribution < -0.4 is 4.90 Å². The van der Waals surface area contributed by atoms with Crippen LogP contribution in [0.25, 0.3) is 0 Å². The maximum absolute atomic E-state index is 4.85. The van der Waals surface area contributed by atoms with Gasteiger partial charge in [-0.1, -0.05) is 0 Å². The van der Waals surface area contributed by atoms with E-state index in [1.807, 2.05) is 0 Å². The highest BCUT2D eigenvalue weighted by molar-refractivity contribution is 5.33. The van der Waals surface area contributed by atoms with Crippen molar-refractivity contribution in [2.45, 2.75) is 13.8 Å². The van der Waals surface area contributed by atoms with Crippen LogP contribution >= 0.6 is 0 Å². The highest BCUT2D eigenvalue weighted by atomic mass is 16.3. The van der Waals surface area contributed by atoms with Crippen LogP contribution in [0.4, 0.5) is 5.82 Å². The van der Waals surface area contributed by atoms with Gasteiger partial charge in [-0.3, -0.25) is 0 Å². The molecule has 0 radical (unpaired) electrons. The molecule has 0 saturated heterocycles. The molecule has 0 aromatic carbocycles. The van der Waals surface area contributed by atoms with Crippen molar-refractivity contribution in [2.75, 3.05) is 18.0 Å². The summed E-state index contributed by atoms with van der Waals surface area (Å²) in [6.07, 6.45) is 3.11. The fourth-order valence-corrected chi connectivity index (χ4v) is 0.910. The maximum Gasteiger partial charge on any atom is 0.182 e. The Morgan fingerprint density at radius 1 is 1.50 bits per heavy atom. The van der Waals surface area contributed by atoms with Gasteiger partial charge in [-0.2, -0.15) is 4.98 Å². The third-order valence-corrected chi connectivity index (χ3v) is 1.51. The van der Waals surface area contributed by atoms with Gasteiger partial charge in [-0.05, 0) is 13.8 Å². The molecule has 0 N–H and O–H groups in total. The van der Waals surface area contributed by atoms with Crippen molar-refractivity contribution in [1.82, 2.24) is 4.98 Å². The van der Waals surface area contributed by atoms with Crippen molar-refractivity contribution >= 4 is 5.82 Å². The molecule has 0 amide bonds. The molecule has 0 bridgehead atoms. The predicted octanol–water partition coefficient (Wildman–Crippen LogP) is 1.52. The van der Waals surface area contributed by atoms with Gasteiger partial charge in [0.15, 0.2) is 12.2 Å². The zero-order chi connectivity index (χ0) is 7.40. The number of hydrogen-bond donors (Lipinski definition) is 0. The Morgan fingerprint density at radius 2 is 2.20 bits per heavy atom. The number of oxazole rings is 1. The average molecular weight is 140 g/mol. The van der Waals surface area contributed by atoms with E-state index in [9.17, 15) is 0 Å². The van der Waals surface area contributed by atoms with E-state index in [0.29, 0.717) is 0 Å². The van der Waals surface area contributed by atoms with Gasteiger partial charge in [0.1, 0.15) is 6.26 Å². The lowest BCUT2D eigenvalue weighted by atomic mass is 10.5. The predicted molar refractivity (Wildman–Crippen MR) is 40.1 cm³/mol. The molecule has 1 aromatic heterocycles. The monoisotopic (exact) mass is 140 g/mol. The van der Waals surface area contributed by atoms with Gasteiger partial charge in [-0.15, -0.1) is 0 Å². The Balaban J connectivity index is 2.64. The summed E-state index contributed by atoms with van der Waals surface area (Å²) in [6.45, 7) is 6.14. The van der Waals surface area contributed by atoms with E-state index >= 15 is 0 Å². The molecule has 0 spiro atoms. The van der Waals surface area contributed by atoms with Gasteiger partial charge in [0.2, 0.25) is 0 Å². The molecule has 0 aliphatic heterocycles. The van der Waals surface area contributed by atoms with Crippen LogP contribution in [0, 0.1) is 0 Å². The summed E-state index contributed by atoms with van der Waals surface area (Å²) in [5.74, 6) is 0.921. The summed E-state index contributed by atoms with van der Waals surface area (Å²) < 4.78 is 4.85. The number of hydrogen-bond acceptors (Lipinski definition) is 3. The zero-order valence-electron chi connectivity index (χ0n) is 6.37.